The van der Waals surface area contributed by atoms with Gasteiger partial charge in [0.1, 0.15) is 0 Å². The zero-order valence-corrected chi connectivity index (χ0v) is 20.2. The van der Waals surface area contributed by atoms with Crippen LogP contribution < -0.4 is 5.32 Å². The summed E-state index contributed by atoms with van der Waals surface area (Å²) < 4.78 is 27.4. The first-order chi connectivity index (χ1) is 14.7. The average molecular weight is 451 g/mol. The molecule has 31 heavy (non-hydrogen) atoms. The van der Waals surface area contributed by atoms with Crippen molar-refractivity contribution in [3.05, 3.63) is 29.8 Å². The molecule has 2 heterocycles. The standard InChI is InChI=1S/C23H38N4O3S/c1-18(2)17-25-11-9-21(10-12-25)24-23(28)26-13-15-27(16-14-26)31(29,30)22-7-5-20(6-8-22)19(3)4/h5-8,18-19,21H,9-17H2,1-4H3,(H,24,28). The van der Waals surface area contributed by atoms with E-state index in [4.69, 9.17) is 0 Å². The van der Waals surface area contributed by atoms with Gasteiger partial charge in [0.2, 0.25) is 10.0 Å². The van der Waals surface area contributed by atoms with Crippen molar-refractivity contribution < 1.29 is 13.2 Å². The van der Waals surface area contributed by atoms with Gasteiger partial charge in [-0.2, -0.15) is 4.31 Å². The Morgan fingerprint density at radius 3 is 2.06 bits per heavy atom. The van der Waals surface area contributed by atoms with Crippen LogP contribution in [0, 0.1) is 5.92 Å². The number of amides is 2. The summed E-state index contributed by atoms with van der Waals surface area (Å²) in [5, 5.41) is 3.16. The highest BCUT2D eigenvalue weighted by atomic mass is 32.2. The molecule has 0 spiro atoms. The van der Waals surface area contributed by atoms with Crippen LogP contribution in [0.1, 0.15) is 52.0 Å². The molecule has 7 nitrogen and oxygen atoms in total. The van der Waals surface area contributed by atoms with Gasteiger partial charge >= 0.3 is 6.03 Å². The molecule has 174 valence electrons. The van der Waals surface area contributed by atoms with Crippen LogP contribution in [0.5, 0.6) is 0 Å². The molecule has 2 fully saturated rings. The largest absolute Gasteiger partial charge is 0.335 e. The molecule has 0 saturated carbocycles. The average Bonchev–Trinajstić information content (AvgIpc) is 2.75. The Morgan fingerprint density at radius 2 is 1.55 bits per heavy atom. The van der Waals surface area contributed by atoms with E-state index < -0.39 is 10.0 Å². The fraction of sp³-hybridized carbons (Fsp3) is 0.696. The molecule has 2 aliphatic heterocycles. The summed E-state index contributed by atoms with van der Waals surface area (Å²) in [6.07, 6.45) is 1.94. The number of piperidine rings is 1. The number of carbonyl (C=O) groups excluding carboxylic acids is 1. The zero-order chi connectivity index (χ0) is 22.6. The van der Waals surface area contributed by atoms with Crippen LogP contribution in [0.4, 0.5) is 4.79 Å². The van der Waals surface area contributed by atoms with E-state index in [9.17, 15) is 13.2 Å². The van der Waals surface area contributed by atoms with Crippen molar-refractivity contribution in [2.75, 3.05) is 45.8 Å². The van der Waals surface area contributed by atoms with E-state index >= 15 is 0 Å². The molecule has 0 bridgehead atoms. The van der Waals surface area contributed by atoms with Gasteiger partial charge in [-0.25, -0.2) is 13.2 Å². The van der Waals surface area contributed by atoms with E-state index in [1.54, 1.807) is 17.0 Å². The highest BCUT2D eigenvalue weighted by Crippen LogP contribution is 2.21. The number of benzene rings is 1. The maximum atomic E-state index is 13.0. The lowest BCUT2D eigenvalue weighted by molar-refractivity contribution is 0.152. The topological polar surface area (TPSA) is 73.0 Å². The van der Waals surface area contributed by atoms with Gasteiger partial charge < -0.3 is 15.1 Å². The maximum Gasteiger partial charge on any atom is 0.317 e. The van der Waals surface area contributed by atoms with Crippen molar-refractivity contribution in [3.63, 3.8) is 0 Å². The van der Waals surface area contributed by atoms with Gasteiger partial charge in [-0.05, 0) is 42.4 Å². The predicted octanol–water partition coefficient (Wildman–Crippen LogP) is 2.95. The highest BCUT2D eigenvalue weighted by Gasteiger charge is 2.31. The van der Waals surface area contributed by atoms with E-state index in [1.165, 1.54) is 4.31 Å². The van der Waals surface area contributed by atoms with Gasteiger partial charge in [-0.1, -0.05) is 39.8 Å². The number of carbonyl (C=O) groups is 1. The Balaban J connectivity index is 1.48. The SMILES string of the molecule is CC(C)CN1CCC(NC(=O)N2CCN(S(=O)(=O)c3ccc(C(C)C)cc3)CC2)CC1. The zero-order valence-electron chi connectivity index (χ0n) is 19.4. The van der Waals surface area contributed by atoms with Gasteiger partial charge in [-0.3, -0.25) is 0 Å². The molecule has 0 radical (unpaired) electrons. The molecule has 0 atom stereocenters. The smallest absolute Gasteiger partial charge is 0.317 e. The van der Waals surface area contributed by atoms with Crippen molar-refractivity contribution in [2.45, 2.75) is 57.4 Å². The molecule has 2 aliphatic rings. The van der Waals surface area contributed by atoms with Gasteiger partial charge in [-0.15, -0.1) is 0 Å². The molecule has 0 aromatic heterocycles. The van der Waals surface area contributed by atoms with Crippen LogP contribution in [0.15, 0.2) is 29.2 Å². The second-order valence-corrected chi connectivity index (χ2v) is 11.5. The van der Waals surface area contributed by atoms with Gasteiger partial charge in [0, 0.05) is 51.9 Å². The van der Waals surface area contributed by atoms with Gasteiger partial charge in [0.15, 0.2) is 0 Å². The summed E-state index contributed by atoms with van der Waals surface area (Å²) in [6.45, 7) is 13.3. The van der Waals surface area contributed by atoms with Gasteiger partial charge in [0.25, 0.3) is 0 Å². The molecule has 1 aromatic carbocycles. The molecule has 1 aromatic rings. The monoisotopic (exact) mass is 450 g/mol. The molecule has 0 unspecified atom stereocenters. The Bertz CT molecular complexity index is 823. The van der Waals surface area contributed by atoms with Crippen molar-refractivity contribution >= 4 is 16.1 Å². The first-order valence-electron chi connectivity index (χ1n) is 11.5. The summed E-state index contributed by atoms with van der Waals surface area (Å²) in [4.78, 5) is 17.2. The van der Waals surface area contributed by atoms with E-state index in [0.717, 1.165) is 38.0 Å². The van der Waals surface area contributed by atoms with Gasteiger partial charge in [0.05, 0.1) is 4.90 Å². The number of piperazine rings is 1. The number of urea groups is 1. The molecule has 1 N–H and O–H groups in total. The molecule has 3 rings (SSSR count). The number of nitrogens with one attached hydrogen (secondary N) is 1. The second kappa shape index (κ2) is 10.3. The fourth-order valence-corrected chi connectivity index (χ4v) is 5.77. The predicted molar refractivity (Wildman–Crippen MR) is 124 cm³/mol. The number of hydrogen-bond acceptors (Lipinski definition) is 4. The van der Waals surface area contributed by atoms with E-state index in [0.29, 0.717) is 42.9 Å². The Labute approximate surface area is 187 Å². The van der Waals surface area contributed by atoms with Crippen molar-refractivity contribution in [3.8, 4) is 0 Å². The van der Waals surface area contributed by atoms with Crippen LogP contribution in [-0.2, 0) is 10.0 Å². The minimum absolute atomic E-state index is 0.0688. The first kappa shape index (κ1) is 24.0. The maximum absolute atomic E-state index is 13.0. The highest BCUT2D eigenvalue weighted by molar-refractivity contribution is 7.89. The second-order valence-electron chi connectivity index (χ2n) is 9.53. The summed E-state index contributed by atoms with van der Waals surface area (Å²) in [5.41, 5.74) is 1.12. The normalized spacial score (nSPS) is 19.9. The molecule has 2 saturated heterocycles. The first-order valence-corrected chi connectivity index (χ1v) is 13.0. The van der Waals surface area contributed by atoms with Crippen LogP contribution in [0.25, 0.3) is 0 Å². The Kier molecular flexibility index (Phi) is 7.99. The number of nitrogens with zero attached hydrogens (tertiary/aromatic N) is 3. The van der Waals surface area contributed by atoms with E-state index in [2.05, 4.69) is 37.9 Å². The lowest BCUT2D eigenvalue weighted by atomic mass is 10.0. The fourth-order valence-electron chi connectivity index (χ4n) is 4.35. The molecule has 8 heteroatoms. The number of hydrogen-bond donors (Lipinski definition) is 1. The third-order valence-electron chi connectivity index (χ3n) is 6.25. The molecular formula is C23H38N4O3S. The van der Waals surface area contributed by atoms with Crippen LogP contribution in [0.2, 0.25) is 0 Å². The van der Waals surface area contributed by atoms with Crippen molar-refractivity contribution in [2.24, 2.45) is 5.92 Å². The Hall–Kier alpha value is -1.64. The van der Waals surface area contributed by atoms with Crippen molar-refractivity contribution in [1.29, 1.82) is 0 Å². The summed E-state index contributed by atoms with van der Waals surface area (Å²) >= 11 is 0. The molecule has 2 amide bonds. The van der Waals surface area contributed by atoms with Crippen molar-refractivity contribution in [1.82, 2.24) is 19.4 Å². The summed E-state index contributed by atoms with van der Waals surface area (Å²) in [6, 6.07) is 7.28. The Morgan fingerprint density at radius 1 is 0.968 bits per heavy atom. The quantitative estimate of drug-likeness (QED) is 0.723. The molecule has 0 aliphatic carbocycles. The van der Waals surface area contributed by atoms with Crippen LogP contribution in [-0.4, -0.2) is 80.4 Å². The van der Waals surface area contributed by atoms with Crippen LogP contribution in [0.3, 0.4) is 0 Å². The molecular weight excluding hydrogens is 412 g/mol. The number of sulfonamides is 1. The third-order valence-corrected chi connectivity index (χ3v) is 8.16. The lowest BCUT2D eigenvalue weighted by Crippen LogP contribution is -2.55. The number of likely N-dealkylation sites (tertiary alicyclic amines) is 1. The van der Waals surface area contributed by atoms with E-state index in [1.807, 2.05) is 12.1 Å². The summed E-state index contributed by atoms with van der Waals surface area (Å²) in [7, 11) is -3.53. The number of rotatable bonds is 6. The van der Waals surface area contributed by atoms with E-state index in [-0.39, 0.29) is 12.1 Å². The third kappa shape index (κ3) is 6.20. The summed E-state index contributed by atoms with van der Waals surface area (Å²) in [5.74, 6) is 1.02. The minimum atomic E-state index is -3.53. The lowest BCUT2D eigenvalue weighted by Gasteiger charge is -2.37. The minimum Gasteiger partial charge on any atom is -0.335 e. The van der Waals surface area contributed by atoms with Crippen LogP contribution >= 0.6 is 0 Å².